The van der Waals surface area contributed by atoms with E-state index in [1.54, 1.807) is 11.0 Å². The average Bonchev–Trinajstić information content (AvgIpc) is 3.22. The van der Waals surface area contributed by atoms with Gasteiger partial charge >= 0.3 is 6.18 Å². The molecule has 0 bridgehead atoms. The van der Waals surface area contributed by atoms with Crippen molar-refractivity contribution in [2.45, 2.75) is 48.9 Å². The molecule has 6 rings (SSSR count). The fourth-order valence-electron chi connectivity index (χ4n) is 4.52. The fraction of sp³-hybridized carbons (Fsp3) is 0.545. The molecule has 1 unspecified atom stereocenters. The molecular formula is C22H24F3N7O4S2. The molecule has 3 fully saturated rings. The Labute approximate surface area is 219 Å². The van der Waals surface area contributed by atoms with Crippen molar-refractivity contribution in [2.75, 3.05) is 37.7 Å². The number of ether oxygens (including phenoxy) is 1. The van der Waals surface area contributed by atoms with Crippen molar-refractivity contribution < 1.29 is 31.1 Å². The molecular weight excluding hydrogens is 547 g/mol. The van der Waals surface area contributed by atoms with Crippen molar-refractivity contribution in [3.63, 3.8) is 0 Å². The molecule has 1 aliphatic carbocycles. The Balaban J connectivity index is 1.38. The molecule has 0 aromatic carbocycles. The molecule has 3 aromatic heterocycles. The van der Waals surface area contributed by atoms with Gasteiger partial charge in [0.05, 0.1) is 24.0 Å². The molecule has 38 heavy (non-hydrogen) atoms. The zero-order valence-electron chi connectivity index (χ0n) is 20.2. The summed E-state index contributed by atoms with van der Waals surface area (Å²) in [4.78, 5) is 20.5. The molecule has 2 saturated heterocycles. The Morgan fingerprint density at radius 3 is 2.50 bits per heavy atom. The minimum absolute atomic E-state index is 0.0469. The number of alkyl halides is 3. The van der Waals surface area contributed by atoms with E-state index in [0.29, 0.717) is 74.6 Å². The Kier molecular flexibility index (Phi) is 5.93. The van der Waals surface area contributed by atoms with Gasteiger partial charge in [-0.05, 0) is 25.8 Å². The molecule has 1 atom stereocenters. The molecule has 5 heterocycles. The van der Waals surface area contributed by atoms with Crippen molar-refractivity contribution in [3.05, 3.63) is 23.5 Å². The van der Waals surface area contributed by atoms with E-state index in [4.69, 9.17) is 4.74 Å². The fourth-order valence-corrected chi connectivity index (χ4v) is 6.70. The lowest BCUT2D eigenvalue weighted by Crippen LogP contribution is -2.54. The molecule has 1 N–H and O–H groups in total. The number of aromatic nitrogens is 4. The molecule has 1 saturated carbocycles. The van der Waals surface area contributed by atoms with Crippen LogP contribution >= 0.6 is 11.3 Å². The first-order valence-corrected chi connectivity index (χ1v) is 14.4. The van der Waals surface area contributed by atoms with Gasteiger partial charge in [0.25, 0.3) is 5.91 Å². The van der Waals surface area contributed by atoms with Crippen LogP contribution in [0.1, 0.15) is 31.2 Å². The van der Waals surface area contributed by atoms with Crippen molar-refractivity contribution in [1.82, 2.24) is 29.2 Å². The standard InChI is InChI=1S/C22H24F3N7O4S2/c1-21(3-4-21)29-38(34,35)13-10-14(30-5-7-31(8-6-30)19(33)16-2-9-36-16)15-11-26-17(32(15)12-13)18-27-28-20(37-18)22(23,24)25/h10-12,16,29H,2-9H2,1H3. The third kappa shape index (κ3) is 4.63. The average molecular weight is 572 g/mol. The van der Waals surface area contributed by atoms with Crippen LogP contribution in [-0.4, -0.2) is 83.2 Å². The number of sulfonamides is 1. The van der Waals surface area contributed by atoms with E-state index in [-0.39, 0.29) is 21.6 Å². The Morgan fingerprint density at radius 1 is 1.21 bits per heavy atom. The van der Waals surface area contributed by atoms with Gasteiger partial charge in [-0.1, -0.05) is 11.3 Å². The number of piperazine rings is 1. The van der Waals surface area contributed by atoms with Gasteiger partial charge in [-0.2, -0.15) is 13.2 Å². The number of rotatable bonds is 6. The number of fused-ring (bicyclic) bond motifs is 1. The van der Waals surface area contributed by atoms with Gasteiger partial charge in [0, 0.05) is 44.3 Å². The topological polar surface area (TPSA) is 122 Å². The van der Waals surface area contributed by atoms with Crippen LogP contribution in [0, 0.1) is 0 Å². The number of hydrogen-bond donors (Lipinski definition) is 1. The minimum atomic E-state index is -4.66. The minimum Gasteiger partial charge on any atom is -0.368 e. The molecule has 16 heteroatoms. The molecule has 0 spiro atoms. The maximum absolute atomic E-state index is 13.3. The van der Waals surface area contributed by atoms with Gasteiger partial charge < -0.3 is 14.5 Å². The predicted octanol–water partition coefficient (Wildman–Crippen LogP) is 2.14. The van der Waals surface area contributed by atoms with E-state index in [1.165, 1.54) is 16.8 Å². The number of nitrogens with zero attached hydrogens (tertiary/aromatic N) is 6. The number of halogens is 3. The SMILES string of the molecule is CC1(NS(=O)(=O)c2cc(N3CCN(C(=O)C4CCO4)CC3)c3cnc(-c4nnc(C(F)(F)F)s4)n3c2)CC1. The maximum Gasteiger partial charge on any atom is 0.445 e. The number of imidazole rings is 1. The number of carbonyl (C=O) groups excluding carboxylic acids is 1. The summed E-state index contributed by atoms with van der Waals surface area (Å²) in [6.07, 6.45) is -0.114. The number of hydrogen-bond acceptors (Lipinski definition) is 9. The van der Waals surface area contributed by atoms with Gasteiger partial charge in [-0.3, -0.25) is 9.20 Å². The van der Waals surface area contributed by atoms with Crippen LogP contribution < -0.4 is 9.62 Å². The lowest BCUT2D eigenvalue weighted by Gasteiger charge is -2.39. The number of anilines is 1. The van der Waals surface area contributed by atoms with Crippen molar-refractivity contribution in [1.29, 1.82) is 0 Å². The normalized spacial score (nSPS) is 21.5. The Hall–Kier alpha value is -2.82. The van der Waals surface area contributed by atoms with Crippen molar-refractivity contribution in [2.24, 2.45) is 0 Å². The molecule has 0 radical (unpaired) electrons. The van der Waals surface area contributed by atoms with Crippen molar-refractivity contribution >= 4 is 38.5 Å². The zero-order valence-corrected chi connectivity index (χ0v) is 21.9. The second-order valence-electron chi connectivity index (χ2n) is 9.93. The van der Waals surface area contributed by atoms with Crippen LogP contribution in [0.4, 0.5) is 18.9 Å². The summed E-state index contributed by atoms with van der Waals surface area (Å²) in [5, 5.41) is 5.71. The highest BCUT2D eigenvalue weighted by atomic mass is 32.2. The van der Waals surface area contributed by atoms with E-state index in [0.717, 1.165) is 0 Å². The van der Waals surface area contributed by atoms with Crippen LogP contribution in [0.2, 0.25) is 0 Å². The molecule has 11 nitrogen and oxygen atoms in total. The Bertz CT molecular complexity index is 1500. The molecule has 2 aliphatic heterocycles. The summed E-state index contributed by atoms with van der Waals surface area (Å²) >= 11 is 0.336. The summed E-state index contributed by atoms with van der Waals surface area (Å²) in [7, 11) is -3.95. The summed E-state index contributed by atoms with van der Waals surface area (Å²) in [6, 6.07) is 1.54. The summed E-state index contributed by atoms with van der Waals surface area (Å²) in [5.74, 6) is 0.00232. The lowest BCUT2D eigenvalue weighted by atomic mass is 10.1. The van der Waals surface area contributed by atoms with E-state index in [1.807, 2.05) is 11.8 Å². The van der Waals surface area contributed by atoms with Crippen LogP contribution in [0.3, 0.4) is 0 Å². The first-order chi connectivity index (χ1) is 17.9. The van der Waals surface area contributed by atoms with Crippen LogP contribution in [0.25, 0.3) is 16.3 Å². The van der Waals surface area contributed by atoms with E-state index >= 15 is 0 Å². The van der Waals surface area contributed by atoms with Crippen molar-refractivity contribution in [3.8, 4) is 10.8 Å². The van der Waals surface area contributed by atoms with E-state index in [2.05, 4.69) is 19.9 Å². The second kappa shape index (κ2) is 8.86. The number of carbonyl (C=O) groups is 1. The highest BCUT2D eigenvalue weighted by Gasteiger charge is 2.42. The Morgan fingerprint density at radius 2 is 1.92 bits per heavy atom. The van der Waals surface area contributed by atoms with Gasteiger partial charge in [0.2, 0.25) is 15.0 Å². The van der Waals surface area contributed by atoms with E-state index < -0.39 is 32.9 Å². The highest BCUT2D eigenvalue weighted by Crippen LogP contribution is 2.38. The number of amides is 1. The third-order valence-corrected chi connectivity index (χ3v) is 9.62. The maximum atomic E-state index is 13.3. The van der Waals surface area contributed by atoms with Crippen LogP contribution in [-0.2, 0) is 25.7 Å². The zero-order chi connectivity index (χ0) is 26.9. The van der Waals surface area contributed by atoms with Crippen LogP contribution in [0.5, 0.6) is 0 Å². The summed E-state index contributed by atoms with van der Waals surface area (Å²) in [6.45, 7) is 4.09. The molecule has 3 aromatic rings. The number of pyridine rings is 1. The molecule has 3 aliphatic rings. The predicted molar refractivity (Wildman–Crippen MR) is 130 cm³/mol. The van der Waals surface area contributed by atoms with Gasteiger partial charge in [-0.15, -0.1) is 10.2 Å². The van der Waals surface area contributed by atoms with Gasteiger partial charge in [-0.25, -0.2) is 18.1 Å². The molecule has 204 valence electrons. The van der Waals surface area contributed by atoms with Crippen LogP contribution in [0.15, 0.2) is 23.4 Å². The quantitative estimate of drug-likeness (QED) is 0.478. The smallest absolute Gasteiger partial charge is 0.368 e. The molecule has 1 amide bonds. The lowest BCUT2D eigenvalue weighted by molar-refractivity contribution is -0.156. The summed E-state index contributed by atoms with van der Waals surface area (Å²) in [5.41, 5.74) is 0.518. The first kappa shape index (κ1) is 25.5. The number of nitrogens with one attached hydrogen (secondary N) is 1. The largest absolute Gasteiger partial charge is 0.445 e. The summed E-state index contributed by atoms with van der Waals surface area (Å²) < 4.78 is 75.6. The second-order valence-corrected chi connectivity index (χ2v) is 12.6. The third-order valence-electron chi connectivity index (χ3n) is 7.05. The monoisotopic (exact) mass is 571 g/mol. The van der Waals surface area contributed by atoms with Gasteiger partial charge in [0.1, 0.15) is 11.0 Å². The first-order valence-electron chi connectivity index (χ1n) is 12.1. The van der Waals surface area contributed by atoms with Gasteiger partial charge in [0.15, 0.2) is 10.8 Å². The highest BCUT2D eigenvalue weighted by molar-refractivity contribution is 7.89. The van der Waals surface area contributed by atoms with E-state index in [9.17, 15) is 26.4 Å².